The van der Waals surface area contributed by atoms with Crippen molar-refractivity contribution in [1.82, 2.24) is 15.0 Å². The molecule has 0 saturated carbocycles. The molecule has 2 rings (SSSR count). The molecule has 98 valence electrons. The van der Waals surface area contributed by atoms with Crippen LogP contribution in [0, 0.1) is 10.1 Å². The summed E-state index contributed by atoms with van der Waals surface area (Å²) < 4.78 is 5.77. The quantitative estimate of drug-likeness (QED) is 0.609. The molecule has 0 saturated heterocycles. The van der Waals surface area contributed by atoms with E-state index < -0.39 is 4.92 Å². The van der Waals surface area contributed by atoms with Gasteiger partial charge in [0.1, 0.15) is 0 Å². The molecule has 0 aliphatic heterocycles. The van der Waals surface area contributed by atoms with Crippen molar-refractivity contribution in [3.05, 3.63) is 43.4 Å². The van der Waals surface area contributed by atoms with E-state index in [1.54, 1.807) is 0 Å². The summed E-state index contributed by atoms with van der Waals surface area (Å²) in [5, 5.41) is 10.4. The van der Waals surface area contributed by atoms with Crippen LogP contribution in [0.3, 0.4) is 0 Å². The second kappa shape index (κ2) is 5.64. The lowest BCUT2D eigenvalue weighted by Gasteiger charge is -2.05. The minimum absolute atomic E-state index is 0.135. The standard InChI is InChI=1S/C9H3BrCl2N4O3/c10-5-2-1-4(16(17)18)3-6(5)19-9-14-7(11)13-8(12)15-9/h1-3H. The highest BCUT2D eigenvalue weighted by atomic mass is 79.9. The second-order valence-electron chi connectivity index (χ2n) is 3.13. The number of nitro groups is 1. The van der Waals surface area contributed by atoms with Crippen LogP contribution in [-0.2, 0) is 0 Å². The fourth-order valence-corrected chi connectivity index (χ4v) is 1.81. The van der Waals surface area contributed by atoms with Crippen LogP contribution in [0.25, 0.3) is 0 Å². The Kier molecular flexibility index (Phi) is 4.13. The number of halogens is 3. The third kappa shape index (κ3) is 3.49. The van der Waals surface area contributed by atoms with Gasteiger partial charge in [0.25, 0.3) is 5.69 Å². The van der Waals surface area contributed by atoms with Gasteiger partial charge in [-0.05, 0) is 45.2 Å². The molecule has 2 aromatic rings. The van der Waals surface area contributed by atoms with Crippen LogP contribution in [0.2, 0.25) is 10.6 Å². The first kappa shape index (κ1) is 13.9. The first-order chi connectivity index (χ1) is 8.95. The Morgan fingerprint density at radius 1 is 1.21 bits per heavy atom. The zero-order chi connectivity index (χ0) is 14.0. The van der Waals surface area contributed by atoms with Gasteiger partial charge in [-0.15, -0.1) is 0 Å². The Hall–Kier alpha value is -1.51. The number of hydrogen-bond acceptors (Lipinski definition) is 6. The van der Waals surface area contributed by atoms with Crippen LogP contribution >= 0.6 is 39.1 Å². The molecule has 0 amide bonds. The summed E-state index contributed by atoms with van der Waals surface area (Å²) >= 11 is 14.4. The van der Waals surface area contributed by atoms with Gasteiger partial charge in [0, 0.05) is 6.07 Å². The van der Waals surface area contributed by atoms with Crippen molar-refractivity contribution in [1.29, 1.82) is 0 Å². The van der Waals surface area contributed by atoms with Gasteiger partial charge in [-0.2, -0.15) is 15.0 Å². The number of benzene rings is 1. The summed E-state index contributed by atoms with van der Waals surface area (Å²) in [6.45, 7) is 0. The van der Waals surface area contributed by atoms with E-state index in [9.17, 15) is 10.1 Å². The molecule has 1 aromatic heterocycles. The summed E-state index contributed by atoms with van der Waals surface area (Å²) in [6, 6.07) is 3.85. The first-order valence-corrected chi connectivity index (χ1v) is 6.19. The van der Waals surface area contributed by atoms with E-state index in [2.05, 4.69) is 30.9 Å². The van der Waals surface area contributed by atoms with E-state index in [4.69, 9.17) is 27.9 Å². The Morgan fingerprint density at radius 3 is 2.42 bits per heavy atom. The maximum absolute atomic E-state index is 10.7. The van der Waals surface area contributed by atoms with Crippen molar-refractivity contribution in [2.45, 2.75) is 0 Å². The molecule has 0 bridgehead atoms. The highest BCUT2D eigenvalue weighted by Gasteiger charge is 2.13. The minimum Gasteiger partial charge on any atom is -0.423 e. The molecule has 1 heterocycles. The maximum Gasteiger partial charge on any atom is 0.327 e. The molecule has 19 heavy (non-hydrogen) atoms. The topological polar surface area (TPSA) is 91.0 Å². The lowest BCUT2D eigenvalue weighted by molar-refractivity contribution is -0.384. The number of ether oxygens (including phenoxy) is 1. The average molecular weight is 366 g/mol. The number of nitrogens with zero attached hydrogens (tertiary/aromatic N) is 4. The minimum atomic E-state index is -0.549. The molecule has 0 aliphatic rings. The third-order valence-corrected chi connectivity index (χ3v) is 2.88. The Morgan fingerprint density at radius 2 is 1.84 bits per heavy atom. The fraction of sp³-hybridized carbons (Fsp3) is 0. The predicted molar refractivity (Wildman–Crippen MR) is 70.7 cm³/mol. The van der Waals surface area contributed by atoms with Gasteiger partial charge in [-0.3, -0.25) is 10.1 Å². The van der Waals surface area contributed by atoms with Crippen molar-refractivity contribution in [2.75, 3.05) is 0 Å². The van der Waals surface area contributed by atoms with E-state index in [-0.39, 0.29) is 28.0 Å². The van der Waals surface area contributed by atoms with Crippen molar-refractivity contribution in [3.8, 4) is 11.8 Å². The van der Waals surface area contributed by atoms with Crippen molar-refractivity contribution in [3.63, 3.8) is 0 Å². The van der Waals surface area contributed by atoms with Crippen molar-refractivity contribution >= 4 is 44.8 Å². The van der Waals surface area contributed by atoms with Gasteiger partial charge in [0.05, 0.1) is 15.5 Å². The highest BCUT2D eigenvalue weighted by Crippen LogP contribution is 2.32. The van der Waals surface area contributed by atoms with Crippen molar-refractivity contribution in [2.24, 2.45) is 0 Å². The summed E-state index contributed by atoms with van der Waals surface area (Å²) in [4.78, 5) is 21.1. The van der Waals surface area contributed by atoms with Crippen LogP contribution in [0.5, 0.6) is 11.8 Å². The van der Waals surface area contributed by atoms with E-state index in [0.29, 0.717) is 4.47 Å². The number of aromatic nitrogens is 3. The summed E-state index contributed by atoms with van der Waals surface area (Å²) in [7, 11) is 0. The SMILES string of the molecule is O=[N+]([O-])c1ccc(Br)c(Oc2nc(Cl)nc(Cl)n2)c1. The number of non-ortho nitro benzene ring substituents is 1. The predicted octanol–water partition coefficient (Wildman–Crippen LogP) is 3.64. The molecule has 0 N–H and O–H groups in total. The van der Waals surface area contributed by atoms with Gasteiger partial charge in [-0.1, -0.05) is 0 Å². The van der Waals surface area contributed by atoms with Crippen LogP contribution in [-0.4, -0.2) is 19.9 Å². The zero-order valence-electron chi connectivity index (χ0n) is 8.88. The smallest absolute Gasteiger partial charge is 0.327 e. The molecule has 0 radical (unpaired) electrons. The molecular weight excluding hydrogens is 363 g/mol. The summed E-state index contributed by atoms with van der Waals surface area (Å²) in [5.74, 6) is 0.160. The summed E-state index contributed by atoms with van der Waals surface area (Å²) in [5.41, 5.74) is -0.135. The number of hydrogen-bond donors (Lipinski definition) is 0. The molecule has 10 heteroatoms. The Bertz CT molecular complexity index is 635. The van der Waals surface area contributed by atoms with Gasteiger partial charge in [0.15, 0.2) is 5.75 Å². The molecule has 0 atom stereocenters. The zero-order valence-corrected chi connectivity index (χ0v) is 12.0. The molecule has 0 spiro atoms. The molecular formula is C9H3BrCl2N4O3. The monoisotopic (exact) mass is 364 g/mol. The fourth-order valence-electron chi connectivity index (χ4n) is 1.14. The van der Waals surface area contributed by atoms with Crippen LogP contribution < -0.4 is 4.74 Å². The number of nitro benzene ring substituents is 1. The van der Waals surface area contributed by atoms with Crippen molar-refractivity contribution < 1.29 is 9.66 Å². The third-order valence-electron chi connectivity index (χ3n) is 1.89. The van der Waals surface area contributed by atoms with Gasteiger partial charge < -0.3 is 4.74 Å². The maximum atomic E-state index is 10.7. The molecule has 1 aromatic carbocycles. The highest BCUT2D eigenvalue weighted by molar-refractivity contribution is 9.10. The summed E-state index contributed by atoms with van der Waals surface area (Å²) in [6.07, 6.45) is 0. The average Bonchev–Trinajstić information content (AvgIpc) is 2.30. The Labute approximate surface area is 124 Å². The number of rotatable bonds is 3. The lowest BCUT2D eigenvalue weighted by Crippen LogP contribution is -1.96. The van der Waals surface area contributed by atoms with Gasteiger partial charge in [0.2, 0.25) is 10.6 Å². The molecule has 0 fully saturated rings. The Balaban J connectivity index is 2.37. The van der Waals surface area contributed by atoms with E-state index in [1.165, 1.54) is 18.2 Å². The van der Waals surface area contributed by atoms with Gasteiger partial charge in [-0.25, -0.2) is 0 Å². The van der Waals surface area contributed by atoms with E-state index in [1.807, 2.05) is 0 Å². The lowest BCUT2D eigenvalue weighted by atomic mass is 10.3. The molecule has 0 aliphatic carbocycles. The van der Waals surface area contributed by atoms with Crippen LogP contribution in [0.4, 0.5) is 5.69 Å². The van der Waals surface area contributed by atoms with Crippen LogP contribution in [0.15, 0.2) is 22.7 Å². The van der Waals surface area contributed by atoms with E-state index in [0.717, 1.165) is 0 Å². The van der Waals surface area contributed by atoms with Crippen LogP contribution in [0.1, 0.15) is 0 Å². The van der Waals surface area contributed by atoms with E-state index >= 15 is 0 Å². The first-order valence-electron chi connectivity index (χ1n) is 4.64. The molecule has 0 unspecified atom stereocenters. The van der Waals surface area contributed by atoms with Gasteiger partial charge >= 0.3 is 6.01 Å². The molecule has 7 nitrogen and oxygen atoms in total. The normalized spacial score (nSPS) is 10.3. The second-order valence-corrected chi connectivity index (χ2v) is 4.66. The largest absolute Gasteiger partial charge is 0.423 e.